The lowest BCUT2D eigenvalue weighted by atomic mass is 10.2. The maximum Gasteiger partial charge on any atom is 0.340 e. The van der Waals surface area contributed by atoms with E-state index in [0.29, 0.717) is 5.56 Å². The smallest absolute Gasteiger partial charge is 0.340 e. The molecule has 0 radical (unpaired) electrons. The molecule has 0 aliphatic heterocycles. The van der Waals surface area contributed by atoms with E-state index in [1.807, 2.05) is 42.7 Å². The van der Waals surface area contributed by atoms with Crippen LogP contribution in [-0.4, -0.2) is 24.8 Å². The van der Waals surface area contributed by atoms with Gasteiger partial charge in [-0.15, -0.1) is 0 Å². The number of methoxy groups -OCH3 is 2. The van der Waals surface area contributed by atoms with Crippen LogP contribution in [0.15, 0.2) is 30.5 Å². The lowest BCUT2D eigenvalue weighted by Gasteiger charge is -2.26. The van der Waals surface area contributed by atoms with Gasteiger partial charge in [0.2, 0.25) is 0 Å². The Hall–Kier alpha value is -1.81. The van der Waals surface area contributed by atoms with Gasteiger partial charge in [0.05, 0.1) is 18.2 Å². The molecule has 4 nitrogen and oxygen atoms in total. The topological polar surface area (TPSA) is 40.5 Å². The fraction of sp³-hybridized carbons (Fsp3) is 0.357. The molecule has 96 valence electrons. The summed E-state index contributed by atoms with van der Waals surface area (Å²) < 4.78 is 12.2. The molecule has 0 aliphatic carbocycles. The van der Waals surface area contributed by atoms with Crippen molar-refractivity contribution >= 4 is 16.9 Å². The molecule has 0 aliphatic rings. The van der Waals surface area contributed by atoms with Crippen LogP contribution in [-0.2, 0) is 15.2 Å². The lowest BCUT2D eigenvalue weighted by Crippen LogP contribution is -2.27. The molecule has 0 spiro atoms. The molecule has 0 saturated carbocycles. The van der Waals surface area contributed by atoms with Crippen molar-refractivity contribution in [3.8, 4) is 0 Å². The number of benzene rings is 1. The Labute approximate surface area is 106 Å². The summed E-state index contributed by atoms with van der Waals surface area (Å²) in [5.74, 6) is -0.336. The van der Waals surface area contributed by atoms with E-state index >= 15 is 0 Å². The van der Waals surface area contributed by atoms with E-state index in [9.17, 15) is 4.79 Å². The molecule has 0 unspecified atom stereocenters. The molecule has 0 N–H and O–H groups in total. The van der Waals surface area contributed by atoms with E-state index < -0.39 is 5.72 Å². The van der Waals surface area contributed by atoms with Crippen LogP contribution in [0.4, 0.5) is 0 Å². The number of rotatable bonds is 3. The summed E-state index contributed by atoms with van der Waals surface area (Å²) in [6, 6.07) is 7.71. The highest BCUT2D eigenvalue weighted by Crippen LogP contribution is 2.28. The van der Waals surface area contributed by atoms with Crippen molar-refractivity contribution < 1.29 is 14.3 Å². The molecular weight excluding hydrogens is 230 g/mol. The van der Waals surface area contributed by atoms with Gasteiger partial charge < -0.3 is 14.0 Å². The molecule has 4 heteroatoms. The molecule has 1 aromatic carbocycles. The van der Waals surface area contributed by atoms with Gasteiger partial charge in [0, 0.05) is 18.7 Å². The number of ether oxygens (including phenoxy) is 2. The summed E-state index contributed by atoms with van der Waals surface area (Å²) >= 11 is 0. The summed E-state index contributed by atoms with van der Waals surface area (Å²) in [5.41, 5.74) is 0.981. The summed E-state index contributed by atoms with van der Waals surface area (Å²) in [4.78, 5) is 11.8. The first-order chi connectivity index (χ1) is 8.51. The Kier molecular flexibility index (Phi) is 3.13. The zero-order valence-corrected chi connectivity index (χ0v) is 11.1. The fourth-order valence-corrected chi connectivity index (χ4v) is 2.00. The summed E-state index contributed by atoms with van der Waals surface area (Å²) in [6.07, 6.45) is 1.78. The Morgan fingerprint density at radius 3 is 2.50 bits per heavy atom. The maximum absolute atomic E-state index is 11.8. The van der Waals surface area contributed by atoms with E-state index in [4.69, 9.17) is 9.47 Å². The second-order valence-corrected chi connectivity index (χ2v) is 4.57. The zero-order chi connectivity index (χ0) is 13.3. The molecule has 0 atom stereocenters. The Morgan fingerprint density at radius 1 is 1.22 bits per heavy atom. The van der Waals surface area contributed by atoms with Gasteiger partial charge in [-0.3, -0.25) is 0 Å². The van der Waals surface area contributed by atoms with Gasteiger partial charge in [0.15, 0.2) is 0 Å². The van der Waals surface area contributed by atoms with Crippen molar-refractivity contribution in [3.63, 3.8) is 0 Å². The van der Waals surface area contributed by atoms with Crippen molar-refractivity contribution in [1.82, 2.24) is 4.57 Å². The average Bonchev–Trinajstić information content (AvgIpc) is 2.78. The monoisotopic (exact) mass is 247 g/mol. The van der Waals surface area contributed by atoms with Crippen LogP contribution in [0.1, 0.15) is 24.2 Å². The number of carbonyl (C=O) groups is 1. The number of fused-ring (bicyclic) bond motifs is 1. The van der Waals surface area contributed by atoms with E-state index in [1.54, 1.807) is 13.3 Å². The highest BCUT2D eigenvalue weighted by molar-refractivity contribution is 6.04. The van der Waals surface area contributed by atoms with Crippen LogP contribution in [0.25, 0.3) is 10.9 Å². The van der Waals surface area contributed by atoms with Crippen LogP contribution < -0.4 is 0 Å². The quantitative estimate of drug-likeness (QED) is 0.783. The third-order valence-corrected chi connectivity index (χ3v) is 3.20. The highest BCUT2D eigenvalue weighted by Gasteiger charge is 2.24. The molecule has 18 heavy (non-hydrogen) atoms. The SMILES string of the molecule is COC(=O)c1cn(C(C)(C)OC)c2ccccc12. The van der Waals surface area contributed by atoms with Gasteiger partial charge in [-0.1, -0.05) is 18.2 Å². The van der Waals surface area contributed by atoms with Crippen LogP contribution >= 0.6 is 0 Å². The van der Waals surface area contributed by atoms with Crippen molar-refractivity contribution in [2.75, 3.05) is 14.2 Å². The Bertz CT molecular complexity index is 584. The molecule has 1 aromatic heterocycles. The van der Waals surface area contributed by atoms with E-state index in [-0.39, 0.29) is 5.97 Å². The van der Waals surface area contributed by atoms with Gasteiger partial charge in [0.25, 0.3) is 0 Å². The van der Waals surface area contributed by atoms with Crippen molar-refractivity contribution in [2.24, 2.45) is 0 Å². The van der Waals surface area contributed by atoms with Crippen LogP contribution in [0, 0.1) is 0 Å². The molecule has 2 aromatic rings. The first-order valence-corrected chi connectivity index (χ1v) is 5.75. The lowest BCUT2D eigenvalue weighted by molar-refractivity contribution is -0.0414. The standard InChI is InChI=1S/C14H17NO3/c1-14(2,18-4)15-9-11(13(16)17-3)10-7-5-6-8-12(10)15/h5-9H,1-4H3. The molecular formula is C14H17NO3. The first kappa shape index (κ1) is 12.6. The molecule has 2 rings (SSSR count). The van der Waals surface area contributed by atoms with Gasteiger partial charge in [0.1, 0.15) is 5.72 Å². The Morgan fingerprint density at radius 2 is 1.89 bits per heavy atom. The predicted molar refractivity (Wildman–Crippen MR) is 69.6 cm³/mol. The second-order valence-electron chi connectivity index (χ2n) is 4.57. The van der Waals surface area contributed by atoms with Gasteiger partial charge in [-0.25, -0.2) is 4.79 Å². The number of aromatic nitrogens is 1. The number of nitrogens with zero attached hydrogens (tertiary/aromatic N) is 1. The number of para-hydroxylation sites is 1. The van der Waals surface area contributed by atoms with Crippen LogP contribution in [0.2, 0.25) is 0 Å². The number of hydrogen-bond acceptors (Lipinski definition) is 3. The number of esters is 1. The molecule has 0 saturated heterocycles. The fourth-order valence-electron chi connectivity index (χ4n) is 2.00. The minimum Gasteiger partial charge on any atom is -0.465 e. The summed E-state index contributed by atoms with van der Waals surface area (Å²) in [6.45, 7) is 3.89. The van der Waals surface area contributed by atoms with E-state index in [1.165, 1.54) is 7.11 Å². The molecule has 0 fully saturated rings. The largest absolute Gasteiger partial charge is 0.465 e. The molecule has 1 heterocycles. The Balaban J connectivity index is 2.73. The molecule has 0 amide bonds. The number of carbonyl (C=O) groups excluding carboxylic acids is 1. The van der Waals surface area contributed by atoms with Crippen molar-refractivity contribution in [2.45, 2.75) is 19.6 Å². The van der Waals surface area contributed by atoms with E-state index in [2.05, 4.69) is 0 Å². The molecule has 0 bridgehead atoms. The van der Waals surface area contributed by atoms with Gasteiger partial charge >= 0.3 is 5.97 Å². The zero-order valence-electron chi connectivity index (χ0n) is 11.1. The second kappa shape index (κ2) is 4.46. The number of hydrogen-bond donors (Lipinski definition) is 0. The van der Waals surface area contributed by atoms with Crippen molar-refractivity contribution in [3.05, 3.63) is 36.0 Å². The van der Waals surface area contributed by atoms with Gasteiger partial charge in [-0.2, -0.15) is 0 Å². The normalized spacial score (nSPS) is 11.8. The first-order valence-electron chi connectivity index (χ1n) is 5.75. The van der Waals surface area contributed by atoms with Crippen LogP contribution in [0.5, 0.6) is 0 Å². The van der Waals surface area contributed by atoms with E-state index in [0.717, 1.165) is 10.9 Å². The third kappa shape index (κ3) is 1.88. The predicted octanol–water partition coefficient (Wildman–Crippen LogP) is 2.77. The summed E-state index contributed by atoms with van der Waals surface area (Å²) in [7, 11) is 3.03. The highest BCUT2D eigenvalue weighted by atomic mass is 16.5. The van der Waals surface area contributed by atoms with Crippen LogP contribution in [0.3, 0.4) is 0 Å². The van der Waals surface area contributed by atoms with Crippen molar-refractivity contribution in [1.29, 1.82) is 0 Å². The summed E-state index contributed by atoms with van der Waals surface area (Å²) in [5, 5.41) is 0.870. The minimum absolute atomic E-state index is 0.336. The third-order valence-electron chi connectivity index (χ3n) is 3.20. The minimum atomic E-state index is -0.522. The maximum atomic E-state index is 11.8. The average molecular weight is 247 g/mol. The van der Waals surface area contributed by atoms with Gasteiger partial charge in [-0.05, 0) is 19.9 Å².